The van der Waals surface area contributed by atoms with E-state index in [2.05, 4.69) is 5.32 Å². The molecule has 4 aromatic rings. The number of amides is 2. The van der Waals surface area contributed by atoms with E-state index in [9.17, 15) is 18.0 Å². The van der Waals surface area contributed by atoms with Crippen molar-refractivity contribution < 1.29 is 18.0 Å². The minimum absolute atomic E-state index is 0.00550. The maximum atomic E-state index is 14.8. The van der Waals surface area contributed by atoms with E-state index in [4.69, 9.17) is 23.2 Å². The van der Waals surface area contributed by atoms with Gasteiger partial charge in [-0.2, -0.15) is 0 Å². The minimum Gasteiger partial charge on any atom is -0.352 e. The summed E-state index contributed by atoms with van der Waals surface area (Å²) in [4.78, 5) is 30.7. The Labute approximate surface area is 300 Å². The Morgan fingerprint density at radius 1 is 0.796 bits per heavy atom. The van der Waals surface area contributed by atoms with Gasteiger partial charge in [0.1, 0.15) is 12.6 Å². The molecule has 0 bridgehead atoms. The molecule has 7 nitrogen and oxygen atoms in total. The zero-order valence-electron chi connectivity index (χ0n) is 28.2. The van der Waals surface area contributed by atoms with E-state index in [-0.39, 0.29) is 29.8 Å². The van der Waals surface area contributed by atoms with Crippen molar-refractivity contribution in [2.45, 2.75) is 82.8 Å². The number of nitrogens with one attached hydrogen (secondary N) is 1. The van der Waals surface area contributed by atoms with Crippen molar-refractivity contribution in [1.82, 2.24) is 10.2 Å². The van der Waals surface area contributed by atoms with E-state index in [0.717, 1.165) is 58.7 Å². The molecule has 258 valence electrons. The van der Waals surface area contributed by atoms with Crippen molar-refractivity contribution in [2.24, 2.45) is 0 Å². The molecule has 1 N–H and O–H groups in total. The van der Waals surface area contributed by atoms with Crippen LogP contribution in [0.25, 0.3) is 0 Å². The van der Waals surface area contributed by atoms with Crippen LogP contribution in [0.2, 0.25) is 10.0 Å². The van der Waals surface area contributed by atoms with Crippen molar-refractivity contribution >= 4 is 50.7 Å². The summed E-state index contributed by atoms with van der Waals surface area (Å²) in [6, 6.07) is 25.6. The molecule has 0 heterocycles. The van der Waals surface area contributed by atoms with Crippen LogP contribution in [0.4, 0.5) is 5.69 Å². The van der Waals surface area contributed by atoms with Gasteiger partial charge < -0.3 is 10.2 Å². The molecule has 1 fully saturated rings. The average molecular weight is 721 g/mol. The van der Waals surface area contributed by atoms with Crippen LogP contribution in [0.3, 0.4) is 0 Å². The second-order valence-corrected chi connectivity index (χ2v) is 15.6. The number of sulfonamides is 1. The SMILES string of the molecule is Cc1ccc(S(=O)(=O)N(CC(=O)N(Cc2c(Cl)cccc2Cl)C(Cc2ccccc2)C(=O)NC2CCCCC2)c2cc(C)cc(C)c2)cc1. The third-order valence-electron chi connectivity index (χ3n) is 9.00. The smallest absolute Gasteiger partial charge is 0.264 e. The first-order chi connectivity index (χ1) is 23.4. The van der Waals surface area contributed by atoms with E-state index >= 15 is 0 Å². The third-order valence-corrected chi connectivity index (χ3v) is 11.5. The van der Waals surface area contributed by atoms with Crippen molar-refractivity contribution in [1.29, 1.82) is 0 Å². The maximum Gasteiger partial charge on any atom is 0.264 e. The van der Waals surface area contributed by atoms with Gasteiger partial charge in [-0.1, -0.05) is 103 Å². The molecule has 2 amide bonds. The van der Waals surface area contributed by atoms with Crippen LogP contribution >= 0.6 is 23.2 Å². The molecule has 0 spiro atoms. The van der Waals surface area contributed by atoms with Crippen molar-refractivity contribution in [3.63, 3.8) is 0 Å². The van der Waals surface area contributed by atoms with Crippen molar-refractivity contribution in [3.8, 4) is 0 Å². The second kappa shape index (κ2) is 16.2. The van der Waals surface area contributed by atoms with Gasteiger partial charge >= 0.3 is 0 Å². The molecule has 49 heavy (non-hydrogen) atoms. The predicted molar refractivity (Wildman–Crippen MR) is 198 cm³/mol. The molecule has 0 aromatic heterocycles. The third kappa shape index (κ3) is 9.24. The van der Waals surface area contributed by atoms with Gasteiger partial charge in [0.15, 0.2) is 0 Å². The highest BCUT2D eigenvalue weighted by Gasteiger charge is 2.36. The number of carbonyl (C=O) groups excluding carboxylic acids is 2. The maximum absolute atomic E-state index is 14.8. The van der Waals surface area contributed by atoms with Crippen LogP contribution in [0.15, 0.2) is 95.9 Å². The standard InChI is InChI=1S/C39H43Cl2N3O4S/c1-27-17-19-33(20-18-27)49(47,48)44(32-22-28(2)21-29(3)23-32)26-38(45)43(25-34-35(40)15-10-16-36(34)41)37(24-30-11-6-4-7-12-30)39(46)42-31-13-8-5-9-14-31/h4,6-7,10-12,15-23,31,37H,5,8-9,13-14,24-26H2,1-3H3,(H,42,46). The number of hydrogen-bond acceptors (Lipinski definition) is 4. The van der Waals surface area contributed by atoms with E-state index in [1.54, 1.807) is 54.6 Å². The minimum atomic E-state index is -4.22. The molecule has 0 aliphatic heterocycles. The fraction of sp³-hybridized carbons (Fsp3) is 0.333. The van der Waals surface area contributed by atoms with Gasteiger partial charge in [-0.15, -0.1) is 0 Å². The summed E-state index contributed by atoms with van der Waals surface area (Å²) in [6.45, 7) is 4.99. The molecule has 1 aliphatic carbocycles. The molecule has 5 rings (SSSR count). The lowest BCUT2D eigenvalue weighted by Crippen LogP contribution is -2.55. The van der Waals surface area contributed by atoms with Gasteiger partial charge in [0.2, 0.25) is 11.8 Å². The molecular weight excluding hydrogens is 677 g/mol. The number of benzene rings is 4. The largest absolute Gasteiger partial charge is 0.352 e. The molecule has 0 radical (unpaired) electrons. The Morgan fingerprint density at radius 3 is 2.02 bits per heavy atom. The fourth-order valence-corrected chi connectivity index (χ4v) is 8.33. The van der Waals surface area contributed by atoms with Crippen LogP contribution in [-0.4, -0.2) is 43.8 Å². The normalized spacial score (nSPS) is 14.2. The highest BCUT2D eigenvalue weighted by Crippen LogP contribution is 2.30. The van der Waals surface area contributed by atoms with Gasteiger partial charge in [-0.05, 0) is 86.7 Å². The summed E-state index contributed by atoms with van der Waals surface area (Å²) in [5.74, 6) is -0.864. The van der Waals surface area contributed by atoms with Gasteiger partial charge in [-0.25, -0.2) is 8.42 Å². The van der Waals surface area contributed by atoms with Crippen molar-refractivity contribution in [2.75, 3.05) is 10.8 Å². The van der Waals surface area contributed by atoms with Gasteiger partial charge in [0.05, 0.1) is 10.6 Å². The van der Waals surface area contributed by atoms with E-state index in [1.165, 1.54) is 4.90 Å². The summed E-state index contributed by atoms with van der Waals surface area (Å²) in [7, 11) is -4.22. The second-order valence-electron chi connectivity index (χ2n) is 12.9. The first kappa shape index (κ1) is 36.4. The Bertz CT molecular complexity index is 1840. The van der Waals surface area contributed by atoms with Crippen LogP contribution < -0.4 is 9.62 Å². The number of carbonyl (C=O) groups is 2. The molecule has 1 unspecified atom stereocenters. The molecule has 1 atom stereocenters. The lowest BCUT2D eigenvalue weighted by Gasteiger charge is -2.35. The Kier molecular flexibility index (Phi) is 12.1. The van der Waals surface area contributed by atoms with Gasteiger partial charge in [0, 0.05) is 34.6 Å². The zero-order valence-corrected chi connectivity index (χ0v) is 30.5. The Balaban J connectivity index is 1.61. The molecule has 10 heteroatoms. The predicted octanol–water partition coefficient (Wildman–Crippen LogP) is 8.20. The van der Waals surface area contributed by atoms with E-state index in [0.29, 0.717) is 21.3 Å². The van der Waals surface area contributed by atoms with Gasteiger partial charge in [-0.3, -0.25) is 13.9 Å². The summed E-state index contributed by atoms with van der Waals surface area (Å²) in [5, 5.41) is 3.91. The topological polar surface area (TPSA) is 86.8 Å². The Morgan fingerprint density at radius 2 is 1.41 bits per heavy atom. The quantitative estimate of drug-likeness (QED) is 0.160. The van der Waals surface area contributed by atoms with Crippen LogP contribution in [0.5, 0.6) is 0 Å². The number of nitrogens with zero attached hydrogens (tertiary/aromatic N) is 2. The number of rotatable bonds is 12. The monoisotopic (exact) mass is 719 g/mol. The molecular formula is C39H43Cl2N3O4S. The lowest BCUT2D eigenvalue weighted by molar-refractivity contribution is -0.140. The fourth-order valence-electron chi connectivity index (χ4n) is 6.41. The molecule has 0 saturated heterocycles. The zero-order chi connectivity index (χ0) is 35.1. The van der Waals surface area contributed by atoms with Crippen LogP contribution in [0.1, 0.15) is 59.9 Å². The van der Waals surface area contributed by atoms with Crippen LogP contribution in [0, 0.1) is 20.8 Å². The molecule has 1 saturated carbocycles. The summed E-state index contributed by atoms with van der Waals surface area (Å²) in [5.41, 5.74) is 4.28. The first-order valence-corrected chi connectivity index (χ1v) is 18.9. The first-order valence-electron chi connectivity index (χ1n) is 16.7. The number of hydrogen-bond donors (Lipinski definition) is 1. The number of halogens is 2. The highest BCUT2D eigenvalue weighted by atomic mass is 35.5. The van der Waals surface area contributed by atoms with E-state index < -0.39 is 28.5 Å². The summed E-state index contributed by atoms with van der Waals surface area (Å²) in [6.07, 6.45) is 5.11. The molecule has 4 aromatic carbocycles. The van der Waals surface area contributed by atoms with Crippen LogP contribution in [-0.2, 0) is 32.6 Å². The van der Waals surface area contributed by atoms with Crippen molar-refractivity contribution in [3.05, 3.63) is 129 Å². The average Bonchev–Trinajstić information content (AvgIpc) is 3.07. The van der Waals surface area contributed by atoms with E-state index in [1.807, 2.05) is 57.2 Å². The Hall–Kier alpha value is -3.85. The summed E-state index contributed by atoms with van der Waals surface area (Å²) >= 11 is 13.3. The molecule has 1 aliphatic rings. The summed E-state index contributed by atoms with van der Waals surface area (Å²) < 4.78 is 29.9. The number of anilines is 1. The highest BCUT2D eigenvalue weighted by molar-refractivity contribution is 7.92. The van der Waals surface area contributed by atoms with Gasteiger partial charge in [0.25, 0.3) is 10.0 Å². The number of aryl methyl sites for hydroxylation is 3. The lowest BCUT2D eigenvalue weighted by atomic mass is 9.94.